The van der Waals surface area contributed by atoms with Gasteiger partial charge in [-0.2, -0.15) is 0 Å². The second-order valence-electron chi connectivity index (χ2n) is 5.58. The average molecular weight is 323 g/mol. The number of carbonyl (C=O) groups is 1. The van der Waals surface area contributed by atoms with Crippen molar-refractivity contribution < 1.29 is 23.9 Å². The zero-order valence-corrected chi connectivity index (χ0v) is 13.4. The summed E-state index contributed by atoms with van der Waals surface area (Å²) in [6.07, 6.45) is 5.86. The lowest BCUT2D eigenvalue weighted by Gasteiger charge is -2.22. The molecule has 1 fully saturated rings. The van der Waals surface area contributed by atoms with Gasteiger partial charge in [0.25, 0.3) is 5.69 Å². The third-order valence-electron chi connectivity index (χ3n) is 4.08. The number of esters is 1. The fraction of sp³-hybridized carbons (Fsp3) is 0.562. The van der Waals surface area contributed by atoms with Crippen molar-refractivity contribution in [3.63, 3.8) is 0 Å². The van der Waals surface area contributed by atoms with Crippen LogP contribution in [0.5, 0.6) is 11.5 Å². The van der Waals surface area contributed by atoms with Gasteiger partial charge in [0.2, 0.25) is 0 Å². The Balaban J connectivity index is 2.26. The van der Waals surface area contributed by atoms with Crippen LogP contribution in [0.25, 0.3) is 0 Å². The number of hydrogen-bond donors (Lipinski definition) is 0. The number of rotatable bonds is 6. The van der Waals surface area contributed by atoms with E-state index >= 15 is 0 Å². The van der Waals surface area contributed by atoms with Crippen LogP contribution in [-0.4, -0.2) is 31.7 Å². The van der Waals surface area contributed by atoms with Gasteiger partial charge in [-0.25, -0.2) is 4.79 Å². The largest absolute Gasteiger partial charge is 0.493 e. The first-order chi connectivity index (χ1) is 11.1. The Labute approximate surface area is 134 Å². The molecule has 0 radical (unpaired) electrons. The number of carbonyl (C=O) groups excluding carboxylic acids is 1. The predicted molar refractivity (Wildman–Crippen MR) is 83.1 cm³/mol. The van der Waals surface area contributed by atoms with E-state index in [4.69, 9.17) is 9.47 Å². The number of nitro benzene ring substituents is 1. The summed E-state index contributed by atoms with van der Waals surface area (Å²) in [6.45, 7) is 0.509. The van der Waals surface area contributed by atoms with Crippen LogP contribution in [0.4, 0.5) is 5.69 Å². The molecule has 1 aromatic rings. The summed E-state index contributed by atoms with van der Waals surface area (Å²) < 4.78 is 15.6. The zero-order valence-electron chi connectivity index (χ0n) is 13.4. The molecule has 2 rings (SSSR count). The van der Waals surface area contributed by atoms with Crippen LogP contribution in [0, 0.1) is 16.0 Å². The minimum absolute atomic E-state index is 0.142. The number of nitro groups is 1. The number of methoxy groups -OCH3 is 2. The minimum Gasteiger partial charge on any atom is -0.493 e. The monoisotopic (exact) mass is 323 g/mol. The number of benzene rings is 1. The molecule has 0 amide bonds. The van der Waals surface area contributed by atoms with E-state index in [9.17, 15) is 14.9 Å². The van der Waals surface area contributed by atoms with E-state index in [2.05, 4.69) is 4.74 Å². The van der Waals surface area contributed by atoms with Crippen molar-refractivity contribution in [2.45, 2.75) is 32.1 Å². The van der Waals surface area contributed by atoms with Crippen LogP contribution in [0.2, 0.25) is 0 Å². The molecule has 0 aliphatic heterocycles. The lowest BCUT2D eigenvalue weighted by molar-refractivity contribution is -0.385. The van der Waals surface area contributed by atoms with Crippen LogP contribution in [-0.2, 0) is 4.74 Å². The lowest BCUT2D eigenvalue weighted by atomic mass is 9.90. The highest BCUT2D eigenvalue weighted by Gasteiger charge is 2.26. The zero-order chi connectivity index (χ0) is 16.8. The molecule has 7 nitrogen and oxygen atoms in total. The van der Waals surface area contributed by atoms with Gasteiger partial charge in [-0.05, 0) is 18.8 Å². The first-order valence-electron chi connectivity index (χ1n) is 7.64. The fourth-order valence-corrected chi connectivity index (χ4v) is 2.81. The smallest absolute Gasteiger partial charge is 0.345 e. The maximum Gasteiger partial charge on any atom is 0.345 e. The Morgan fingerprint density at radius 1 is 1.22 bits per heavy atom. The molecule has 1 aromatic carbocycles. The lowest BCUT2D eigenvalue weighted by Crippen LogP contribution is -2.16. The normalized spacial score (nSPS) is 15.0. The van der Waals surface area contributed by atoms with Gasteiger partial charge in [0, 0.05) is 6.07 Å². The van der Waals surface area contributed by atoms with Crippen LogP contribution in [0.1, 0.15) is 42.5 Å². The molecular weight excluding hydrogens is 302 g/mol. The summed E-state index contributed by atoms with van der Waals surface area (Å²) in [5, 5.41) is 11.1. The quantitative estimate of drug-likeness (QED) is 0.453. The molecule has 1 saturated carbocycles. The van der Waals surface area contributed by atoms with Crippen molar-refractivity contribution in [2.75, 3.05) is 20.8 Å². The first-order valence-corrected chi connectivity index (χ1v) is 7.64. The Kier molecular flexibility index (Phi) is 5.78. The Bertz CT molecular complexity index is 580. The Morgan fingerprint density at radius 2 is 1.91 bits per heavy atom. The van der Waals surface area contributed by atoms with Gasteiger partial charge >= 0.3 is 5.97 Å². The molecule has 126 valence electrons. The van der Waals surface area contributed by atoms with E-state index in [0.29, 0.717) is 18.3 Å². The van der Waals surface area contributed by atoms with Gasteiger partial charge in [0.1, 0.15) is 5.56 Å². The third-order valence-corrected chi connectivity index (χ3v) is 4.08. The van der Waals surface area contributed by atoms with Gasteiger partial charge in [-0.3, -0.25) is 10.1 Å². The SMILES string of the molecule is COC(=O)c1cc(OCC2CCCCC2)c(OC)cc1[N+](=O)[O-]. The molecule has 1 aliphatic rings. The number of hydrogen-bond acceptors (Lipinski definition) is 6. The molecular formula is C16H21NO6. The van der Waals surface area contributed by atoms with Crippen molar-refractivity contribution in [1.29, 1.82) is 0 Å². The maximum absolute atomic E-state index is 11.8. The van der Waals surface area contributed by atoms with Gasteiger partial charge < -0.3 is 14.2 Å². The second-order valence-corrected chi connectivity index (χ2v) is 5.58. The van der Waals surface area contributed by atoms with Gasteiger partial charge in [-0.1, -0.05) is 19.3 Å². The van der Waals surface area contributed by atoms with Gasteiger partial charge in [0.05, 0.1) is 31.8 Å². The van der Waals surface area contributed by atoms with Crippen molar-refractivity contribution in [1.82, 2.24) is 0 Å². The maximum atomic E-state index is 11.8. The van der Waals surface area contributed by atoms with E-state index in [-0.39, 0.29) is 17.0 Å². The summed E-state index contributed by atoms with van der Waals surface area (Å²) in [6, 6.07) is 2.52. The summed E-state index contributed by atoms with van der Waals surface area (Å²) in [4.78, 5) is 22.3. The van der Waals surface area contributed by atoms with Crippen molar-refractivity contribution in [3.05, 3.63) is 27.8 Å². The summed E-state index contributed by atoms with van der Waals surface area (Å²) in [5.41, 5.74) is -0.504. The van der Waals surface area contributed by atoms with Crippen molar-refractivity contribution in [2.24, 2.45) is 5.92 Å². The molecule has 0 N–H and O–H groups in total. The van der Waals surface area contributed by atoms with Gasteiger partial charge in [0.15, 0.2) is 11.5 Å². The highest BCUT2D eigenvalue weighted by Crippen LogP contribution is 2.36. The summed E-state index contributed by atoms with van der Waals surface area (Å²) >= 11 is 0. The van der Waals surface area contributed by atoms with Crippen molar-refractivity contribution >= 4 is 11.7 Å². The van der Waals surface area contributed by atoms with Crippen LogP contribution in [0.15, 0.2) is 12.1 Å². The average Bonchev–Trinajstić information content (AvgIpc) is 2.59. The topological polar surface area (TPSA) is 87.9 Å². The molecule has 0 saturated heterocycles. The number of nitrogens with zero attached hydrogens (tertiary/aromatic N) is 1. The minimum atomic E-state index is -0.776. The number of ether oxygens (including phenoxy) is 3. The molecule has 0 heterocycles. The van der Waals surface area contributed by atoms with E-state index in [1.165, 1.54) is 45.6 Å². The first kappa shape index (κ1) is 17.1. The summed E-state index contributed by atoms with van der Waals surface area (Å²) in [5.74, 6) is 0.247. The molecule has 1 aliphatic carbocycles. The fourth-order valence-electron chi connectivity index (χ4n) is 2.81. The molecule has 0 unspecified atom stereocenters. The standard InChI is InChI=1S/C16H21NO6/c1-21-14-9-13(17(19)20)12(16(18)22-2)8-15(14)23-10-11-6-4-3-5-7-11/h8-9,11H,3-7,10H2,1-2H3. The highest BCUT2D eigenvalue weighted by atomic mass is 16.6. The molecule has 0 atom stereocenters. The Hall–Kier alpha value is -2.31. The molecule has 0 bridgehead atoms. The van der Waals surface area contributed by atoms with E-state index < -0.39 is 10.9 Å². The molecule has 0 spiro atoms. The third kappa shape index (κ3) is 4.12. The van der Waals surface area contributed by atoms with Crippen molar-refractivity contribution in [3.8, 4) is 11.5 Å². The van der Waals surface area contributed by atoms with Crippen LogP contribution in [0.3, 0.4) is 0 Å². The van der Waals surface area contributed by atoms with Crippen LogP contribution < -0.4 is 9.47 Å². The molecule has 0 aromatic heterocycles. The van der Waals surface area contributed by atoms with E-state index in [1.54, 1.807) is 0 Å². The van der Waals surface area contributed by atoms with E-state index in [0.717, 1.165) is 12.8 Å². The molecule has 7 heteroatoms. The van der Waals surface area contributed by atoms with E-state index in [1.807, 2.05) is 0 Å². The van der Waals surface area contributed by atoms with Crippen LogP contribution >= 0.6 is 0 Å². The second kappa shape index (κ2) is 7.80. The summed E-state index contributed by atoms with van der Waals surface area (Å²) in [7, 11) is 2.59. The molecule has 23 heavy (non-hydrogen) atoms. The van der Waals surface area contributed by atoms with Gasteiger partial charge in [-0.15, -0.1) is 0 Å². The highest BCUT2D eigenvalue weighted by molar-refractivity contribution is 5.94. The predicted octanol–water partition coefficient (Wildman–Crippen LogP) is 3.35. The Morgan fingerprint density at radius 3 is 2.48 bits per heavy atom.